The molecule has 4 nitrogen and oxygen atoms in total. The first kappa shape index (κ1) is 12.5. The normalized spacial score (nSPS) is 33.5. The smallest absolute Gasteiger partial charge is 0.231 e. The van der Waals surface area contributed by atoms with E-state index in [-0.39, 0.29) is 12.0 Å². The summed E-state index contributed by atoms with van der Waals surface area (Å²) in [7, 11) is 0. The molecular weight excluding hydrogens is 246 g/mol. The van der Waals surface area contributed by atoms with Crippen LogP contribution in [0.1, 0.15) is 67.8 Å². The van der Waals surface area contributed by atoms with Crippen LogP contribution >= 0.6 is 11.8 Å². The molecule has 0 bridgehead atoms. The fourth-order valence-corrected chi connectivity index (χ4v) is 4.17. The Hall–Kier alpha value is -0.550. The van der Waals surface area contributed by atoms with Crippen molar-refractivity contribution in [3.8, 4) is 0 Å². The fourth-order valence-electron chi connectivity index (χ4n) is 2.94. The van der Waals surface area contributed by atoms with Crippen LogP contribution in [-0.4, -0.2) is 21.9 Å². The monoisotopic (exact) mass is 267 g/mol. The van der Waals surface area contributed by atoms with E-state index in [1.54, 1.807) is 0 Å². The van der Waals surface area contributed by atoms with Crippen LogP contribution in [0.4, 0.5) is 0 Å². The number of thioether (sulfide) groups is 1. The van der Waals surface area contributed by atoms with Crippen molar-refractivity contribution in [2.75, 3.05) is 5.75 Å². The molecule has 0 spiro atoms. The summed E-state index contributed by atoms with van der Waals surface area (Å²) in [5.41, 5.74) is 6.17. The predicted octanol–water partition coefficient (Wildman–Crippen LogP) is 3.01. The Morgan fingerprint density at radius 3 is 2.72 bits per heavy atom. The van der Waals surface area contributed by atoms with E-state index in [9.17, 15) is 0 Å². The van der Waals surface area contributed by atoms with Crippen LogP contribution in [0.2, 0.25) is 0 Å². The number of aromatic nitrogens is 2. The van der Waals surface area contributed by atoms with E-state index in [0.29, 0.717) is 5.25 Å². The van der Waals surface area contributed by atoms with Crippen molar-refractivity contribution >= 4 is 11.8 Å². The van der Waals surface area contributed by atoms with Crippen molar-refractivity contribution in [3.63, 3.8) is 0 Å². The first-order valence-corrected chi connectivity index (χ1v) is 8.10. The maximum absolute atomic E-state index is 6.17. The van der Waals surface area contributed by atoms with Gasteiger partial charge in [0.1, 0.15) is 0 Å². The number of rotatable bonds is 2. The second-order valence-electron chi connectivity index (χ2n) is 5.40. The van der Waals surface area contributed by atoms with E-state index in [1.807, 2.05) is 11.8 Å². The molecule has 1 saturated heterocycles. The lowest BCUT2D eigenvalue weighted by Gasteiger charge is -2.25. The van der Waals surface area contributed by atoms with Crippen LogP contribution in [0.5, 0.6) is 0 Å². The second kappa shape index (κ2) is 5.61. The third-order valence-electron chi connectivity index (χ3n) is 4.06. The van der Waals surface area contributed by atoms with Crippen molar-refractivity contribution in [2.24, 2.45) is 5.73 Å². The molecule has 18 heavy (non-hydrogen) atoms. The first-order chi connectivity index (χ1) is 8.84. The van der Waals surface area contributed by atoms with Crippen molar-refractivity contribution in [2.45, 2.75) is 62.2 Å². The van der Waals surface area contributed by atoms with Gasteiger partial charge >= 0.3 is 0 Å². The summed E-state index contributed by atoms with van der Waals surface area (Å²) >= 11 is 1.96. The molecule has 2 aliphatic rings. The molecule has 1 aliphatic carbocycles. The maximum atomic E-state index is 6.17. The predicted molar refractivity (Wildman–Crippen MR) is 72.5 cm³/mol. The average Bonchev–Trinajstić information content (AvgIpc) is 2.90. The molecule has 2 heterocycles. The topological polar surface area (TPSA) is 64.9 Å². The quantitative estimate of drug-likeness (QED) is 0.892. The summed E-state index contributed by atoms with van der Waals surface area (Å²) in [5, 5.41) is 4.63. The number of hydrogen-bond acceptors (Lipinski definition) is 5. The van der Waals surface area contributed by atoms with Gasteiger partial charge in [-0.1, -0.05) is 24.4 Å². The third kappa shape index (κ3) is 2.57. The van der Waals surface area contributed by atoms with E-state index in [0.717, 1.165) is 24.6 Å². The Labute approximate surface area is 112 Å². The minimum absolute atomic E-state index is 0.200. The molecule has 0 radical (unpaired) electrons. The lowest BCUT2D eigenvalue weighted by Crippen LogP contribution is -2.31. The molecule has 0 amide bonds. The molecule has 3 rings (SSSR count). The summed E-state index contributed by atoms with van der Waals surface area (Å²) < 4.78 is 5.47. The molecule has 5 heteroatoms. The van der Waals surface area contributed by atoms with Gasteiger partial charge in [-0.15, -0.1) is 0 Å². The number of nitrogens with zero attached hydrogens (tertiary/aromatic N) is 2. The minimum Gasteiger partial charge on any atom is -0.339 e. The van der Waals surface area contributed by atoms with Crippen LogP contribution in [-0.2, 0) is 0 Å². The van der Waals surface area contributed by atoms with Crippen molar-refractivity contribution in [3.05, 3.63) is 11.7 Å². The van der Waals surface area contributed by atoms with Gasteiger partial charge in [-0.05, 0) is 31.4 Å². The maximum Gasteiger partial charge on any atom is 0.231 e. The van der Waals surface area contributed by atoms with E-state index in [2.05, 4.69) is 10.1 Å². The Kier molecular flexibility index (Phi) is 3.89. The van der Waals surface area contributed by atoms with Crippen molar-refractivity contribution in [1.29, 1.82) is 0 Å². The summed E-state index contributed by atoms with van der Waals surface area (Å²) in [4.78, 5) is 4.63. The Bertz CT molecular complexity index is 389. The van der Waals surface area contributed by atoms with Gasteiger partial charge in [0.15, 0.2) is 5.82 Å². The SMILES string of the molecule is NC1CCCCC1c1nc(C2CCCCS2)no1. The molecule has 1 aliphatic heterocycles. The molecule has 1 saturated carbocycles. The van der Waals surface area contributed by atoms with Crippen molar-refractivity contribution < 1.29 is 4.52 Å². The van der Waals surface area contributed by atoms with Gasteiger partial charge < -0.3 is 10.3 Å². The molecule has 100 valence electrons. The van der Waals surface area contributed by atoms with Gasteiger partial charge in [0.2, 0.25) is 5.89 Å². The standard InChI is InChI=1S/C13H21N3OS/c14-10-6-2-1-5-9(10)13-15-12(16-17-13)11-7-3-4-8-18-11/h9-11H,1-8,14H2. The van der Waals surface area contributed by atoms with Crippen LogP contribution in [0.25, 0.3) is 0 Å². The zero-order chi connectivity index (χ0) is 12.4. The van der Waals surface area contributed by atoms with Crippen molar-refractivity contribution in [1.82, 2.24) is 10.1 Å². The van der Waals surface area contributed by atoms with Gasteiger partial charge in [0.25, 0.3) is 0 Å². The van der Waals surface area contributed by atoms with Gasteiger partial charge in [0, 0.05) is 6.04 Å². The second-order valence-corrected chi connectivity index (χ2v) is 6.71. The van der Waals surface area contributed by atoms with Crippen LogP contribution in [0.3, 0.4) is 0 Å². The lowest BCUT2D eigenvalue weighted by atomic mass is 9.85. The molecule has 0 aromatic carbocycles. The first-order valence-electron chi connectivity index (χ1n) is 7.05. The highest BCUT2D eigenvalue weighted by molar-refractivity contribution is 7.99. The summed E-state index contributed by atoms with van der Waals surface area (Å²) in [6, 6.07) is 0.200. The number of nitrogens with two attached hydrogens (primary N) is 1. The molecule has 2 N–H and O–H groups in total. The lowest BCUT2D eigenvalue weighted by molar-refractivity contribution is 0.289. The zero-order valence-corrected chi connectivity index (χ0v) is 11.5. The molecular formula is C13H21N3OS. The van der Waals surface area contributed by atoms with Crippen LogP contribution < -0.4 is 5.73 Å². The van der Waals surface area contributed by atoms with Gasteiger partial charge in [-0.25, -0.2) is 0 Å². The highest BCUT2D eigenvalue weighted by Crippen LogP contribution is 2.38. The molecule has 2 fully saturated rings. The average molecular weight is 267 g/mol. The van der Waals surface area contributed by atoms with E-state index < -0.39 is 0 Å². The highest BCUT2D eigenvalue weighted by Gasteiger charge is 2.30. The Morgan fingerprint density at radius 2 is 1.94 bits per heavy atom. The van der Waals surface area contributed by atoms with E-state index in [1.165, 1.54) is 37.9 Å². The number of hydrogen-bond donors (Lipinski definition) is 1. The van der Waals surface area contributed by atoms with E-state index >= 15 is 0 Å². The molecule has 3 unspecified atom stereocenters. The van der Waals surface area contributed by atoms with Gasteiger partial charge in [-0.3, -0.25) is 0 Å². The summed E-state index contributed by atoms with van der Waals surface area (Å²) in [5.74, 6) is 3.18. The largest absolute Gasteiger partial charge is 0.339 e. The fraction of sp³-hybridized carbons (Fsp3) is 0.846. The summed E-state index contributed by atoms with van der Waals surface area (Å²) in [6.07, 6.45) is 8.43. The highest BCUT2D eigenvalue weighted by atomic mass is 32.2. The zero-order valence-electron chi connectivity index (χ0n) is 10.7. The summed E-state index contributed by atoms with van der Waals surface area (Å²) in [6.45, 7) is 0. The third-order valence-corrected chi connectivity index (χ3v) is 5.43. The van der Waals surface area contributed by atoms with Crippen LogP contribution in [0.15, 0.2) is 4.52 Å². The Balaban J connectivity index is 1.71. The Morgan fingerprint density at radius 1 is 1.11 bits per heavy atom. The molecule has 1 aromatic rings. The minimum atomic E-state index is 0.200. The van der Waals surface area contributed by atoms with Gasteiger partial charge in [-0.2, -0.15) is 16.7 Å². The molecule has 1 aromatic heterocycles. The van der Waals surface area contributed by atoms with Crippen LogP contribution in [0, 0.1) is 0 Å². The van der Waals surface area contributed by atoms with E-state index in [4.69, 9.17) is 10.3 Å². The van der Waals surface area contributed by atoms with Gasteiger partial charge in [0.05, 0.1) is 11.2 Å². The molecule has 3 atom stereocenters.